The highest BCUT2D eigenvalue weighted by Gasteiger charge is 2.23. The number of rotatable bonds is 9. The molecule has 0 aromatic heterocycles. The summed E-state index contributed by atoms with van der Waals surface area (Å²) in [5.74, 6) is 0.680. The first-order valence-corrected chi connectivity index (χ1v) is 10.6. The van der Waals surface area contributed by atoms with Crippen molar-refractivity contribution in [2.75, 3.05) is 13.2 Å². The van der Waals surface area contributed by atoms with Crippen LogP contribution in [0.4, 0.5) is 0 Å². The minimum atomic E-state index is -0.247. The molecule has 2 aliphatic carbocycles. The van der Waals surface area contributed by atoms with Crippen molar-refractivity contribution in [2.24, 2.45) is 11.7 Å². The van der Waals surface area contributed by atoms with Gasteiger partial charge in [-0.1, -0.05) is 27.2 Å². The van der Waals surface area contributed by atoms with Crippen LogP contribution in [0, 0.1) is 5.92 Å². The summed E-state index contributed by atoms with van der Waals surface area (Å²) in [7, 11) is 0. The molecule has 5 nitrogen and oxygen atoms in total. The maximum atomic E-state index is 10.8. The second-order valence-electron chi connectivity index (χ2n) is 6.74. The molecule has 26 heavy (non-hydrogen) atoms. The summed E-state index contributed by atoms with van der Waals surface area (Å²) in [4.78, 5) is 21.3. The van der Waals surface area contributed by atoms with Gasteiger partial charge in [-0.15, -0.1) is 0 Å². The summed E-state index contributed by atoms with van der Waals surface area (Å²) in [6.07, 6.45) is 10.6. The Morgan fingerprint density at radius 3 is 1.85 bits per heavy atom. The molecule has 2 saturated carbocycles. The standard InChI is InChI=1S/C12H23NO3.C7H12O.C2H6.H2/c1-2-15-10-5-7-11(8-6-10)16-9-3-4-12(13)14;1-2-7(8)6-4-3-5-6;1-2;/h10-11H,2-9H2,1H3,(H2,13,14);6H,2-5H2,1H3;1-2H3;1H. The van der Waals surface area contributed by atoms with Crippen LogP contribution in [0.1, 0.15) is 93.3 Å². The van der Waals surface area contributed by atoms with Crippen molar-refractivity contribution < 1.29 is 20.5 Å². The predicted molar refractivity (Wildman–Crippen MR) is 108 cm³/mol. The summed E-state index contributed by atoms with van der Waals surface area (Å²) >= 11 is 0. The van der Waals surface area contributed by atoms with Crippen LogP contribution in [0.15, 0.2) is 0 Å². The monoisotopic (exact) mass is 373 g/mol. The molecule has 0 aliphatic heterocycles. The van der Waals surface area contributed by atoms with Gasteiger partial charge in [0.1, 0.15) is 5.78 Å². The Morgan fingerprint density at radius 2 is 1.50 bits per heavy atom. The van der Waals surface area contributed by atoms with Crippen LogP contribution in [-0.2, 0) is 19.1 Å². The normalized spacial score (nSPS) is 22.2. The van der Waals surface area contributed by atoms with Crippen molar-refractivity contribution in [1.29, 1.82) is 0 Å². The Labute approximate surface area is 161 Å². The van der Waals surface area contributed by atoms with Crippen LogP contribution in [0.25, 0.3) is 0 Å². The van der Waals surface area contributed by atoms with E-state index in [2.05, 4.69) is 0 Å². The summed E-state index contributed by atoms with van der Waals surface area (Å²) in [5, 5.41) is 0. The minimum absolute atomic E-state index is 0. The van der Waals surface area contributed by atoms with E-state index in [-0.39, 0.29) is 7.33 Å². The van der Waals surface area contributed by atoms with Gasteiger partial charge in [-0.25, -0.2) is 0 Å². The molecule has 0 spiro atoms. The molecule has 0 radical (unpaired) electrons. The third-order valence-electron chi connectivity index (χ3n) is 4.85. The largest absolute Gasteiger partial charge is 0.379 e. The lowest BCUT2D eigenvalue weighted by molar-refractivity contribution is -0.124. The molecule has 0 saturated heterocycles. The molecule has 156 valence electrons. The lowest BCUT2D eigenvalue weighted by atomic mass is 9.81. The minimum Gasteiger partial charge on any atom is -0.379 e. The summed E-state index contributed by atoms with van der Waals surface area (Å²) < 4.78 is 11.3. The lowest BCUT2D eigenvalue weighted by Gasteiger charge is -2.28. The van der Waals surface area contributed by atoms with Gasteiger partial charge in [0, 0.05) is 33.4 Å². The van der Waals surface area contributed by atoms with E-state index in [1.54, 1.807) is 0 Å². The maximum Gasteiger partial charge on any atom is 0.217 e. The van der Waals surface area contributed by atoms with Crippen molar-refractivity contribution in [2.45, 2.75) is 104 Å². The summed E-state index contributed by atoms with van der Waals surface area (Å²) in [6.45, 7) is 9.43. The molecule has 2 rings (SSSR count). The number of ketones is 1. The maximum absolute atomic E-state index is 10.8. The summed E-state index contributed by atoms with van der Waals surface area (Å²) in [6, 6.07) is 0. The predicted octanol–water partition coefficient (Wildman–Crippen LogP) is 4.65. The number of nitrogens with two attached hydrogens (primary N) is 1. The highest BCUT2D eigenvalue weighted by molar-refractivity contribution is 5.81. The Balaban J connectivity index is 0. The third kappa shape index (κ3) is 11.6. The van der Waals surface area contributed by atoms with Gasteiger partial charge in [0.2, 0.25) is 5.91 Å². The fraction of sp³-hybridized carbons (Fsp3) is 0.905. The number of hydrogen-bond donors (Lipinski definition) is 1. The van der Waals surface area contributed by atoms with Gasteiger partial charge in [0.15, 0.2) is 0 Å². The smallest absolute Gasteiger partial charge is 0.217 e. The molecule has 0 atom stereocenters. The number of primary amides is 1. The number of ether oxygens (including phenoxy) is 2. The third-order valence-corrected chi connectivity index (χ3v) is 4.85. The van der Waals surface area contributed by atoms with E-state index in [4.69, 9.17) is 15.2 Å². The quantitative estimate of drug-likeness (QED) is 0.596. The molecule has 0 aromatic rings. The van der Waals surface area contributed by atoms with Crippen molar-refractivity contribution in [3.8, 4) is 0 Å². The molecule has 0 heterocycles. The van der Waals surface area contributed by atoms with Crippen LogP contribution in [0.5, 0.6) is 0 Å². The van der Waals surface area contributed by atoms with Gasteiger partial charge in [0.25, 0.3) is 0 Å². The zero-order chi connectivity index (χ0) is 19.8. The number of carbonyl (C=O) groups excluding carboxylic acids is 2. The molecule has 0 aromatic carbocycles. The first-order valence-electron chi connectivity index (χ1n) is 10.6. The van der Waals surface area contributed by atoms with E-state index in [1.165, 1.54) is 6.42 Å². The number of carbonyl (C=O) groups is 2. The Hall–Kier alpha value is -0.940. The first kappa shape index (κ1) is 25.1. The van der Waals surface area contributed by atoms with E-state index in [0.29, 0.717) is 36.9 Å². The van der Waals surface area contributed by atoms with Crippen molar-refractivity contribution in [3.63, 3.8) is 0 Å². The Morgan fingerprint density at radius 1 is 0.962 bits per heavy atom. The molecule has 2 N–H and O–H groups in total. The van der Waals surface area contributed by atoms with Crippen LogP contribution < -0.4 is 5.73 Å². The average molecular weight is 374 g/mol. The van der Waals surface area contributed by atoms with Crippen molar-refractivity contribution in [3.05, 3.63) is 0 Å². The topological polar surface area (TPSA) is 78.6 Å². The Kier molecular flexibility index (Phi) is 15.7. The number of amides is 1. The van der Waals surface area contributed by atoms with Gasteiger partial charge in [-0.3, -0.25) is 9.59 Å². The molecule has 0 unspecified atom stereocenters. The fourth-order valence-corrected chi connectivity index (χ4v) is 3.12. The first-order chi connectivity index (χ1) is 12.6. The van der Waals surface area contributed by atoms with E-state index in [0.717, 1.165) is 58.0 Å². The molecule has 2 fully saturated rings. The number of hydrogen-bond acceptors (Lipinski definition) is 4. The second kappa shape index (κ2) is 16.2. The van der Waals surface area contributed by atoms with Crippen molar-refractivity contribution in [1.82, 2.24) is 0 Å². The highest BCUT2D eigenvalue weighted by atomic mass is 16.5. The van der Waals surface area contributed by atoms with E-state index >= 15 is 0 Å². The number of Topliss-reactive ketones (excluding diaryl/α,β-unsaturated/α-hetero) is 1. The lowest BCUT2D eigenvalue weighted by Crippen LogP contribution is -2.27. The SMILES string of the molecule is CC.CCC(=O)C1CCC1.CCOC1CCC(OCCCC(N)=O)CC1.[HH]. The van der Waals surface area contributed by atoms with Crippen LogP contribution in [-0.4, -0.2) is 37.1 Å². The van der Waals surface area contributed by atoms with Gasteiger partial charge >= 0.3 is 0 Å². The zero-order valence-corrected chi connectivity index (χ0v) is 17.4. The highest BCUT2D eigenvalue weighted by Crippen LogP contribution is 2.27. The molecule has 0 bridgehead atoms. The van der Waals surface area contributed by atoms with E-state index < -0.39 is 0 Å². The molecule has 5 heteroatoms. The van der Waals surface area contributed by atoms with E-state index in [1.807, 2.05) is 27.7 Å². The van der Waals surface area contributed by atoms with Crippen molar-refractivity contribution >= 4 is 11.7 Å². The Bertz CT molecular complexity index is 367. The van der Waals surface area contributed by atoms with Gasteiger partial charge < -0.3 is 15.2 Å². The van der Waals surface area contributed by atoms with Gasteiger partial charge in [-0.05, 0) is 51.9 Å². The van der Waals surface area contributed by atoms with E-state index in [9.17, 15) is 9.59 Å². The average Bonchev–Trinajstić information content (AvgIpc) is 2.61. The van der Waals surface area contributed by atoms with Gasteiger partial charge in [-0.2, -0.15) is 0 Å². The van der Waals surface area contributed by atoms with Crippen LogP contribution in [0.3, 0.4) is 0 Å². The van der Waals surface area contributed by atoms with Gasteiger partial charge in [0.05, 0.1) is 12.2 Å². The molecule has 2 aliphatic rings. The second-order valence-corrected chi connectivity index (χ2v) is 6.74. The molecule has 1 amide bonds. The fourth-order valence-electron chi connectivity index (χ4n) is 3.12. The zero-order valence-electron chi connectivity index (χ0n) is 17.4. The van der Waals surface area contributed by atoms with Crippen LogP contribution in [0.2, 0.25) is 0 Å². The summed E-state index contributed by atoms with van der Waals surface area (Å²) in [5.41, 5.74) is 5.05. The molecular weight excluding hydrogens is 330 g/mol. The van der Waals surface area contributed by atoms with Crippen LogP contribution >= 0.6 is 0 Å². The molecular formula is C21H43NO4.